The van der Waals surface area contributed by atoms with Crippen LogP contribution >= 0.6 is 12.4 Å². The lowest BCUT2D eigenvalue weighted by Crippen LogP contribution is -2.36. The molecule has 0 saturated carbocycles. The number of nitrogens with two attached hydrogens (primary N) is 1. The predicted octanol–water partition coefficient (Wildman–Crippen LogP) is 1.78. The molecule has 0 spiro atoms. The van der Waals surface area contributed by atoms with E-state index in [1.807, 2.05) is 24.3 Å². The molecule has 112 valence electrons. The van der Waals surface area contributed by atoms with Crippen molar-refractivity contribution >= 4 is 18.3 Å². The van der Waals surface area contributed by atoms with Crippen LogP contribution in [-0.2, 0) is 6.54 Å². The molecule has 1 saturated heterocycles. The number of carbonyl (C=O) groups excluding carboxylic acids is 1. The van der Waals surface area contributed by atoms with E-state index in [1.54, 1.807) is 0 Å². The average Bonchev–Trinajstić information content (AvgIpc) is 2.92. The Labute approximate surface area is 127 Å². The second-order valence-corrected chi connectivity index (χ2v) is 5.18. The van der Waals surface area contributed by atoms with E-state index in [0.29, 0.717) is 11.6 Å². The highest BCUT2D eigenvalue weighted by Gasteiger charge is 2.21. The molecule has 1 aromatic rings. The second kappa shape index (κ2) is 8.25. The summed E-state index contributed by atoms with van der Waals surface area (Å²) in [6.45, 7) is 6.47. The number of hydrogen-bond donors (Lipinski definition) is 2. The summed E-state index contributed by atoms with van der Waals surface area (Å²) < 4.78 is 0. The monoisotopic (exact) mass is 297 g/mol. The van der Waals surface area contributed by atoms with Crippen molar-refractivity contribution in [3.8, 4) is 0 Å². The van der Waals surface area contributed by atoms with E-state index >= 15 is 0 Å². The largest absolute Gasteiger partial charge is 0.366 e. The Morgan fingerprint density at radius 2 is 2.10 bits per heavy atom. The fourth-order valence-corrected chi connectivity index (χ4v) is 2.64. The van der Waals surface area contributed by atoms with Gasteiger partial charge in [0.1, 0.15) is 0 Å². The first-order chi connectivity index (χ1) is 9.20. The van der Waals surface area contributed by atoms with Crippen LogP contribution in [0, 0.1) is 0 Å². The summed E-state index contributed by atoms with van der Waals surface area (Å²) in [6, 6.07) is 8.27. The molecule has 1 fully saturated rings. The van der Waals surface area contributed by atoms with Crippen LogP contribution in [0.1, 0.15) is 35.7 Å². The third kappa shape index (κ3) is 4.47. The second-order valence-electron chi connectivity index (χ2n) is 5.18. The Balaban J connectivity index is 0.00000200. The Morgan fingerprint density at radius 3 is 2.60 bits per heavy atom. The molecule has 2 rings (SSSR count). The van der Waals surface area contributed by atoms with Crippen LogP contribution in [0.5, 0.6) is 0 Å². The summed E-state index contributed by atoms with van der Waals surface area (Å²) in [5, 5.41) is 3.42. The zero-order chi connectivity index (χ0) is 13.7. The van der Waals surface area contributed by atoms with Gasteiger partial charge in [-0.05, 0) is 43.6 Å². The molecule has 1 heterocycles. The van der Waals surface area contributed by atoms with Crippen LogP contribution < -0.4 is 11.1 Å². The molecule has 4 nitrogen and oxygen atoms in total. The molecular weight excluding hydrogens is 274 g/mol. The standard InChI is InChI=1S/C15H23N3O.ClH/c1-2-9-18(14-7-8-17-10-14)11-12-3-5-13(6-4-12)15(16)19;/h3-6,14,17H,2,7-11H2,1H3,(H2,16,19);1H. The van der Waals surface area contributed by atoms with Crippen LogP contribution in [0.4, 0.5) is 0 Å². The number of halogens is 1. The van der Waals surface area contributed by atoms with Gasteiger partial charge in [0, 0.05) is 24.7 Å². The van der Waals surface area contributed by atoms with E-state index in [0.717, 1.165) is 32.6 Å². The van der Waals surface area contributed by atoms with Crippen molar-refractivity contribution in [2.24, 2.45) is 5.73 Å². The van der Waals surface area contributed by atoms with Crippen molar-refractivity contribution in [1.29, 1.82) is 0 Å². The number of rotatable bonds is 6. The van der Waals surface area contributed by atoms with Crippen molar-refractivity contribution in [1.82, 2.24) is 10.2 Å². The maximum atomic E-state index is 11.0. The topological polar surface area (TPSA) is 58.4 Å². The van der Waals surface area contributed by atoms with Gasteiger partial charge in [0.05, 0.1) is 0 Å². The quantitative estimate of drug-likeness (QED) is 0.841. The summed E-state index contributed by atoms with van der Waals surface area (Å²) in [5.41, 5.74) is 7.07. The predicted molar refractivity (Wildman–Crippen MR) is 84.2 cm³/mol. The molecular formula is C15H24ClN3O. The van der Waals surface area contributed by atoms with E-state index in [1.165, 1.54) is 12.0 Å². The highest BCUT2D eigenvalue weighted by atomic mass is 35.5. The van der Waals surface area contributed by atoms with E-state index in [4.69, 9.17) is 5.73 Å². The van der Waals surface area contributed by atoms with E-state index in [2.05, 4.69) is 17.1 Å². The number of nitrogens with one attached hydrogen (secondary N) is 1. The Hall–Kier alpha value is -1.10. The van der Waals surface area contributed by atoms with Crippen LogP contribution in [0.25, 0.3) is 0 Å². The van der Waals surface area contributed by atoms with Gasteiger partial charge in [0.2, 0.25) is 5.91 Å². The van der Waals surface area contributed by atoms with Crippen LogP contribution in [0.3, 0.4) is 0 Å². The zero-order valence-corrected chi connectivity index (χ0v) is 12.8. The Morgan fingerprint density at radius 1 is 1.40 bits per heavy atom. The number of nitrogens with zero attached hydrogens (tertiary/aromatic N) is 1. The van der Waals surface area contributed by atoms with Gasteiger partial charge in [-0.3, -0.25) is 9.69 Å². The molecule has 1 amide bonds. The Bertz CT molecular complexity index is 416. The van der Waals surface area contributed by atoms with Gasteiger partial charge >= 0.3 is 0 Å². The molecule has 1 unspecified atom stereocenters. The summed E-state index contributed by atoms with van der Waals surface area (Å²) in [7, 11) is 0. The summed E-state index contributed by atoms with van der Waals surface area (Å²) in [6.07, 6.45) is 2.38. The molecule has 3 N–H and O–H groups in total. The molecule has 0 bridgehead atoms. The molecule has 0 aromatic heterocycles. The highest BCUT2D eigenvalue weighted by Crippen LogP contribution is 2.14. The zero-order valence-electron chi connectivity index (χ0n) is 12.0. The van der Waals surface area contributed by atoms with Crippen molar-refractivity contribution in [3.63, 3.8) is 0 Å². The molecule has 1 atom stereocenters. The first-order valence-electron chi connectivity index (χ1n) is 7.04. The van der Waals surface area contributed by atoms with E-state index in [9.17, 15) is 4.79 Å². The molecule has 1 aliphatic heterocycles. The number of amides is 1. The number of benzene rings is 1. The minimum atomic E-state index is -0.364. The summed E-state index contributed by atoms with van der Waals surface area (Å²) in [5.74, 6) is -0.364. The molecule has 0 radical (unpaired) electrons. The van der Waals surface area contributed by atoms with E-state index < -0.39 is 0 Å². The lowest BCUT2D eigenvalue weighted by atomic mass is 10.1. The third-order valence-electron chi connectivity index (χ3n) is 3.69. The third-order valence-corrected chi connectivity index (χ3v) is 3.69. The van der Waals surface area contributed by atoms with Gasteiger partial charge in [-0.25, -0.2) is 0 Å². The van der Waals surface area contributed by atoms with Crippen molar-refractivity contribution < 1.29 is 4.79 Å². The molecule has 20 heavy (non-hydrogen) atoms. The fraction of sp³-hybridized carbons (Fsp3) is 0.533. The maximum absolute atomic E-state index is 11.0. The fourth-order valence-electron chi connectivity index (χ4n) is 2.64. The Kier molecular flexibility index (Phi) is 6.99. The SMILES string of the molecule is CCCN(Cc1ccc(C(N)=O)cc1)C1CCNC1.Cl. The average molecular weight is 298 g/mol. The lowest BCUT2D eigenvalue weighted by molar-refractivity contribution is 0.100. The van der Waals surface area contributed by atoms with Gasteiger partial charge in [0.15, 0.2) is 0 Å². The highest BCUT2D eigenvalue weighted by molar-refractivity contribution is 5.92. The van der Waals surface area contributed by atoms with Gasteiger partial charge in [-0.1, -0.05) is 19.1 Å². The molecule has 1 aromatic carbocycles. The van der Waals surface area contributed by atoms with Gasteiger partial charge in [-0.2, -0.15) is 0 Å². The lowest BCUT2D eigenvalue weighted by Gasteiger charge is -2.28. The maximum Gasteiger partial charge on any atom is 0.248 e. The van der Waals surface area contributed by atoms with E-state index in [-0.39, 0.29) is 18.3 Å². The minimum absolute atomic E-state index is 0. The number of primary amides is 1. The van der Waals surface area contributed by atoms with Crippen LogP contribution in [0.15, 0.2) is 24.3 Å². The number of hydrogen-bond acceptors (Lipinski definition) is 3. The smallest absolute Gasteiger partial charge is 0.248 e. The van der Waals surface area contributed by atoms with Crippen LogP contribution in [0.2, 0.25) is 0 Å². The molecule has 0 aliphatic carbocycles. The summed E-state index contributed by atoms with van der Waals surface area (Å²) in [4.78, 5) is 13.6. The first kappa shape index (κ1) is 17.0. The van der Waals surface area contributed by atoms with Crippen molar-refractivity contribution in [2.45, 2.75) is 32.4 Å². The number of carbonyl (C=O) groups is 1. The molecule has 5 heteroatoms. The first-order valence-corrected chi connectivity index (χ1v) is 7.04. The van der Waals surface area contributed by atoms with Gasteiger partial charge in [0.25, 0.3) is 0 Å². The van der Waals surface area contributed by atoms with Crippen molar-refractivity contribution in [3.05, 3.63) is 35.4 Å². The summed E-state index contributed by atoms with van der Waals surface area (Å²) >= 11 is 0. The van der Waals surface area contributed by atoms with Crippen LogP contribution in [-0.4, -0.2) is 36.5 Å². The normalized spacial score (nSPS) is 18.0. The molecule has 1 aliphatic rings. The minimum Gasteiger partial charge on any atom is -0.366 e. The van der Waals surface area contributed by atoms with Crippen molar-refractivity contribution in [2.75, 3.05) is 19.6 Å². The van der Waals surface area contributed by atoms with Gasteiger partial charge < -0.3 is 11.1 Å². The van der Waals surface area contributed by atoms with Gasteiger partial charge in [-0.15, -0.1) is 12.4 Å².